The van der Waals surface area contributed by atoms with Crippen molar-refractivity contribution < 1.29 is 4.74 Å². The molecule has 1 aromatic carbocycles. The summed E-state index contributed by atoms with van der Waals surface area (Å²) in [7, 11) is 1.61. The average molecular weight is 397 g/mol. The molecule has 3 aromatic heterocycles. The number of fused-ring (bicyclic) bond motifs is 1. The van der Waals surface area contributed by atoms with Crippen molar-refractivity contribution in [2.24, 2.45) is 0 Å². The third-order valence-corrected chi connectivity index (χ3v) is 5.50. The van der Waals surface area contributed by atoms with Gasteiger partial charge in [0.05, 0.1) is 17.5 Å². The summed E-state index contributed by atoms with van der Waals surface area (Å²) in [5.41, 5.74) is 3.09. The van der Waals surface area contributed by atoms with Crippen molar-refractivity contribution in [2.75, 3.05) is 12.4 Å². The molecule has 0 aliphatic rings. The van der Waals surface area contributed by atoms with Gasteiger partial charge in [0.1, 0.15) is 16.4 Å². The van der Waals surface area contributed by atoms with Gasteiger partial charge >= 0.3 is 0 Å². The van der Waals surface area contributed by atoms with Gasteiger partial charge in [-0.1, -0.05) is 17.7 Å². The zero-order chi connectivity index (χ0) is 18.8. The van der Waals surface area contributed by atoms with Crippen LogP contribution < -0.4 is 10.1 Å². The standard InChI is InChI=1S/C20H17ClN4OS/c1-12-11-27-20-17(12)19(24-18(25-20)14-4-3-7-22-10-14)23-9-13-5-6-16(26-2)15(21)8-13/h3-8,10-11H,9H2,1-2H3,(H,23,24,25). The van der Waals surface area contributed by atoms with E-state index in [2.05, 4.69) is 22.6 Å². The van der Waals surface area contributed by atoms with Crippen molar-refractivity contribution in [3.8, 4) is 17.1 Å². The van der Waals surface area contributed by atoms with Crippen LogP contribution in [0.15, 0.2) is 48.1 Å². The molecule has 0 saturated heterocycles. The number of ether oxygens (including phenoxy) is 1. The molecular weight excluding hydrogens is 380 g/mol. The summed E-state index contributed by atoms with van der Waals surface area (Å²) in [6, 6.07) is 9.59. The number of nitrogens with one attached hydrogen (secondary N) is 1. The van der Waals surface area contributed by atoms with Gasteiger partial charge in [-0.3, -0.25) is 4.98 Å². The normalized spacial score (nSPS) is 10.9. The van der Waals surface area contributed by atoms with Crippen molar-refractivity contribution in [1.29, 1.82) is 0 Å². The maximum Gasteiger partial charge on any atom is 0.164 e. The summed E-state index contributed by atoms with van der Waals surface area (Å²) in [4.78, 5) is 14.6. The minimum absolute atomic E-state index is 0.590. The van der Waals surface area contributed by atoms with Crippen molar-refractivity contribution >= 4 is 39.0 Å². The lowest BCUT2D eigenvalue weighted by Crippen LogP contribution is -2.04. The summed E-state index contributed by atoms with van der Waals surface area (Å²) < 4.78 is 5.21. The molecule has 0 atom stereocenters. The predicted molar refractivity (Wildman–Crippen MR) is 111 cm³/mol. The second-order valence-electron chi connectivity index (χ2n) is 6.06. The topological polar surface area (TPSA) is 59.9 Å². The van der Waals surface area contributed by atoms with Gasteiger partial charge in [-0.25, -0.2) is 9.97 Å². The molecule has 7 heteroatoms. The second-order valence-corrected chi connectivity index (χ2v) is 7.32. The Morgan fingerprint density at radius 2 is 2.11 bits per heavy atom. The minimum atomic E-state index is 0.590. The number of aromatic nitrogens is 3. The van der Waals surface area contributed by atoms with E-state index < -0.39 is 0 Å². The molecule has 4 rings (SSSR count). The molecule has 0 fully saturated rings. The van der Waals surface area contributed by atoms with E-state index in [1.807, 2.05) is 30.3 Å². The Morgan fingerprint density at radius 3 is 2.85 bits per heavy atom. The van der Waals surface area contributed by atoms with Gasteiger partial charge in [-0.05, 0) is 47.7 Å². The van der Waals surface area contributed by atoms with Gasteiger partial charge in [-0.2, -0.15) is 0 Å². The number of halogens is 1. The lowest BCUT2D eigenvalue weighted by molar-refractivity contribution is 0.415. The summed E-state index contributed by atoms with van der Waals surface area (Å²) >= 11 is 7.85. The number of anilines is 1. The van der Waals surface area contributed by atoms with E-state index in [-0.39, 0.29) is 0 Å². The van der Waals surface area contributed by atoms with Gasteiger partial charge in [0.25, 0.3) is 0 Å². The van der Waals surface area contributed by atoms with Gasteiger partial charge in [0, 0.05) is 24.5 Å². The summed E-state index contributed by atoms with van der Waals surface area (Å²) in [5, 5.41) is 7.18. The molecule has 0 aliphatic carbocycles. The molecule has 0 aliphatic heterocycles. The molecule has 0 spiro atoms. The van der Waals surface area contributed by atoms with Gasteiger partial charge < -0.3 is 10.1 Å². The molecule has 0 radical (unpaired) electrons. The van der Waals surface area contributed by atoms with Gasteiger partial charge in [0.2, 0.25) is 0 Å². The third kappa shape index (κ3) is 3.59. The molecular formula is C20H17ClN4OS. The summed E-state index contributed by atoms with van der Waals surface area (Å²) in [6.45, 7) is 2.67. The monoisotopic (exact) mass is 396 g/mol. The highest BCUT2D eigenvalue weighted by molar-refractivity contribution is 7.17. The fraction of sp³-hybridized carbons (Fsp3) is 0.150. The van der Waals surface area contributed by atoms with Crippen LogP contribution in [0.2, 0.25) is 5.02 Å². The first-order chi connectivity index (χ1) is 13.2. The summed E-state index contributed by atoms with van der Waals surface area (Å²) in [6.07, 6.45) is 3.51. The molecule has 0 unspecified atom stereocenters. The molecule has 4 aromatic rings. The van der Waals surface area contributed by atoms with Gasteiger partial charge in [0.15, 0.2) is 5.82 Å². The van der Waals surface area contributed by atoms with Crippen LogP contribution in [0, 0.1) is 6.92 Å². The Balaban J connectivity index is 1.69. The number of nitrogens with zero attached hydrogens (tertiary/aromatic N) is 3. The quantitative estimate of drug-likeness (QED) is 0.493. The number of methoxy groups -OCH3 is 1. The number of benzene rings is 1. The van der Waals surface area contributed by atoms with Crippen molar-refractivity contribution in [1.82, 2.24) is 15.0 Å². The number of aryl methyl sites for hydroxylation is 1. The Hall–Kier alpha value is -2.70. The number of pyridine rings is 1. The first-order valence-corrected chi connectivity index (χ1v) is 9.64. The summed E-state index contributed by atoms with van der Waals surface area (Å²) in [5.74, 6) is 2.13. The Bertz CT molecular complexity index is 1100. The van der Waals surface area contributed by atoms with Crippen LogP contribution in [0.1, 0.15) is 11.1 Å². The van der Waals surface area contributed by atoms with Crippen LogP contribution in [0.4, 0.5) is 5.82 Å². The minimum Gasteiger partial charge on any atom is -0.495 e. The predicted octanol–water partition coefficient (Wildman–Crippen LogP) is 5.34. The number of hydrogen-bond donors (Lipinski definition) is 1. The first kappa shape index (κ1) is 17.7. The smallest absolute Gasteiger partial charge is 0.164 e. The highest BCUT2D eigenvalue weighted by atomic mass is 35.5. The molecule has 5 nitrogen and oxygen atoms in total. The van der Waals surface area contributed by atoms with E-state index in [4.69, 9.17) is 26.3 Å². The Kier molecular flexibility index (Phi) is 4.92. The lowest BCUT2D eigenvalue weighted by atomic mass is 10.2. The molecule has 0 amide bonds. The molecule has 136 valence electrons. The fourth-order valence-electron chi connectivity index (χ4n) is 2.84. The fourth-order valence-corrected chi connectivity index (χ4v) is 4.04. The van der Waals surface area contributed by atoms with Crippen molar-refractivity contribution in [3.63, 3.8) is 0 Å². The zero-order valence-electron chi connectivity index (χ0n) is 14.9. The second kappa shape index (κ2) is 7.50. The van der Waals surface area contributed by atoms with Crippen LogP contribution in [-0.4, -0.2) is 22.1 Å². The van der Waals surface area contributed by atoms with E-state index in [1.54, 1.807) is 30.8 Å². The SMILES string of the molecule is COc1ccc(CNc2nc(-c3cccnc3)nc3scc(C)c23)cc1Cl. The molecule has 0 saturated carbocycles. The first-order valence-electron chi connectivity index (χ1n) is 8.38. The largest absolute Gasteiger partial charge is 0.495 e. The van der Waals surface area contributed by atoms with E-state index in [9.17, 15) is 0 Å². The van der Waals surface area contributed by atoms with Crippen molar-refractivity contribution in [3.05, 3.63) is 64.3 Å². The molecule has 27 heavy (non-hydrogen) atoms. The van der Waals surface area contributed by atoms with Crippen LogP contribution in [0.25, 0.3) is 21.6 Å². The van der Waals surface area contributed by atoms with Crippen LogP contribution >= 0.6 is 22.9 Å². The van der Waals surface area contributed by atoms with E-state index in [1.165, 1.54) is 0 Å². The highest BCUT2D eigenvalue weighted by Crippen LogP contribution is 2.32. The Morgan fingerprint density at radius 1 is 1.22 bits per heavy atom. The lowest BCUT2D eigenvalue weighted by Gasteiger charge is -2.11. The number of thiophene rings is 1. The number of rotatable bonds is 5. The average Bonchev–Trinajstić information content (AvgIpc) is 3.08. The maximum absolute atomic E-state index is 6.24. The number of hydrogen-bond acceptors (Lipinski definition) is 6. The molecule has 1 N–H and O–H groups in total. The highest BCUT2D eigenvalue weighted by Gasteiger charge is 2.13. The van der Waals surface area contributed by atoms with Crippen LogP contribution in [-0.2, 0) is 6.54 Å². The molecule has 0 bridgehead atoms. The maximum atomic E-state index is 6.24. The third-order valence-electron chi connectivity index (χ3n) is 4.21. The zero-order valence-corrected chi connectivity index (χ0v) is 16.4. The Labute approximate surface area is 166 Å². The van der Waals surface area contributed by atoms with E-state index in [0.29, 0.717) is 23.1 Å². The van der Waals surface area contributed by atoms with E-state index >= 15 is 0 Å². The van der Waals surface area contributed by atoms with E-state index in [0.717, 1.165) is 32.7 Å². The van der Waals surface area contributed by atoms with Crippen LogP contribution in [0.5, 0.6) is 5.75 Å². The van der Waals surface area contributed by atoms with Gasteiger partial charge in [-0.15, -0.1) is 11.3 Å². The van der Waals surface area contributed by atoms with Crippen molar-refractivity contribution in [2.45, 2.75) is 13.5 Å². The molecule has 3 heterocycles. The van der Waals surface area contributed by atoms with Crippen LogP contribution in [0.3, 0.4) is 0 Å².